The smallest absolute Gasteiger partial charge is 0.251 e. The molecule has 1 aromatic rings. The van der Waals surface area contributed by atoms with Gasteiger partial charge in [0.2, 0.25) is 0 Å². The number of amides is 1. The minimum atomic E-state index is -1.05. The van der Waals surface area contributed by atoms with Crippen LogP contribution in [0.3, 0.4) is 0 Å². The molecular weight excluding hydrogens is 187 g/mol. The minimum absolute atomic E-state index is 0.123. The zero-order valence-electron chi connectivity index (χ0n) is 6.95. The lowest BCUT2D eigenvalue weighted by Gasteiger charge is -2.01. The third kappa shape index (κ3) is 1.45. The number of carbonyl (C=O) groups is 2. The Morgan fingerprint density at radius 3 is 2.64 bits per heavy atom. The number of hydrogen-bond acceptors (Lipinski definition) is 3. The highest BCUT2D eigenvalue weighted by Gasteiger charge is 2.15. The first kappa shape index (κ1) is 9.86. The molecule has 70 valence electrons. The molecule has 0 bridgehead atoms. The van der Waals surface area contributed by atoms with Crippen LogP contribution in [0.5, 0.6) is 0 Å². The largest absolute Gasteiger partial charge is 0.366 e. The van der Waals surface area contributed by atoms with Gasteiger partial charge >= 0.3 is 0 Å². The molecule has 1 amide bonds. The van der Waals surface area contributed by atoms with Crippen molar-refractivity contribution in [3.8, 4) is 6.07 Å². The summed E-state index contributed by atoms with van der Waals surface area (Å²) in [6.45, 7) is 0. The first-order chi connectivity index (χ1) is 6.61. The zero-order chi connectivity index (χ0) is 10.7. The Bertz CT molecular complexity index is 449. The summed E-state index contributed by atoms with van der Waals surface area (Å²) < 4.78 is 13.3. The van der Waals surface area contributed by atoms with Crippen LogP contribution in [0.4, 0.5) is 4.39 Å². The van der Waals surface area contributed by atoms with Gasteiger partial charge in [0.1, 0.15) is 5.82 Å². The maximum absolute atomic E-state index is 13.3. The first-order valence-electron chi connectivity index (χ1n) is 3.59. The first-order valence-corrected chi connectivity index (χ1v) is 3.59. The molecule has 14 heavy (non-hydrogen) atoms. The van der Waals surface area contributed by atoms with Crippen molar-refractivity contribution in [3.63, 3.8) is 0 Å². The molecule has 5 heteroatoms. The number of nitrogens with two attached hydrogens (primary N) is 1. The second-order valence-corrected chi connectivity index (χ2v) is 2.48. The van der Waals surface area contributed by atoms with Crippen molar-refractivity contribution in [2.24, 2.45) is 5.73 Å². The van der Waals surface area contributed by atoms with Gasteiger partial charge in [-0.25, -0.2) is 4.39 Å². The van der Waals surface area contributed by atoms with E-state index in [2.05, 4.69) is 0 Å². The fraction of sp³-hybridized carbons (Fsp3) is 0. The Morgan fingerprint density at radius 2 is 2.21 bits per heavy atom. The van der Waals surface area contributed by atoms with Crippen molar-refractivity contribution in [2.75, 3.05) is 0 Å². The topological polar surface area (TPSA) is 83.9 Å². The number of primary amides is 1. The van der Waals surface area contributed by atoms with Crippen LogP contribution in [0.15, 0.2) is 12.1 Å². The van der Waals surface area contributed by atoms with Crippen molar-refractivity contribution in [2.45, 2.75) is 0 Å². The predicted octanol–water partition coefficient (Wildman–Crippen LogP) is 0.609. The van der Waals surface area contributed by atoms with E-state index in [4.69, 9.17) is 11.0 Å². The quantitative estimate of drug-likeness (QED) is 0.696. The van der Waals surface area contributed by atoms with Crippen molar-refractivity contribution in [1.82, 2.24) is 0 Å². The molecule has 0 saturated heterocycles. The maximum Gasteiger partial charge on any atom is 0.251 e. The average molecular weight is 192 g/mol. The van der Waals surface area contributed by atoms with E-state index < -0.39 is 22.9 Å². The Morgan fingerprint density at radius 1 is 1.57 bits per heavy atom. The van der Waals surface area contributed by atoms with Crippen molar-refractivity contribution >= 4 is 12.2 Å². The van der Waals surface area contributed by atoms with E-state index in [0.717, 1.165) is 6.07 Å². The Kier molecular flexibility index (Phi) is 2.58. The van der Waals surface area contributed by atoms with E-state index >= 15 is 0 Å². The molecular formula is C9H5FN2O2. The van der Waals surface area contributed by atoms with Crippen molar-refractivity contribution in [1.29, 1.82) is 5.26 Å². The van der Waals surface area contributed by atoms with Gasteiger partial charge in [0.25, 0.3) is 5.91 Å². The lowest BCUT2D eigenvalue weighted by atomic mass is 10.0. The highest BCUT2D eigenvalue weighted by molar-refractivity contribution is 5.95. The lowest BCUT2D eigenvalue weighted by molar-refractivity contribution is 0.0996. The van der Waals surface area contributed by atoms with Crippen LogP contribution >= 0.6 is 0 Å². The summed E-state index contributed by atoms with van der Waals surface area (Å²) in [5, 5.41) is 8.51. The SMILES string of the molecule is N#Cc1ccc(C(N)=O)c(F)c1C=O. The molecule has 0 heterocycles. The van der Waals surface area contributed by atoms with Crippen LogP contribution < -0.4 is 5.73 Å². The number of nitriles is 1. The van der Waals surface area contributed by atoms with Crippen LogP contribution in [-0.2, 0) is 0 Å². The van der Waals surface area contributed by atoms with Gasteiger partial charge in [0.15, 0.2) is 6.29 Å². The molecule has 0 aliphatic rings. The molecule has 2 N–H and O–H groups in total. The monoisotopic (exact) mass is 192 g/mol. The third-order valence-corrected chi connectivity index (χ3v) is 1.68. The summed E-state index contributed by atoms with van der Waals surface area (Å²) in [6.07, 6.45) is 0.181. The van der Waals surface area contributed by atoms with E-state index in [0.29, 0.717) is 0 Å². The fourth-order valence-corrected chi connectivity index (χ4v) is 0.996. The minimum Gasteiger partial charge on any atom is -0.366 e. The van der Waals surface area contributed by atoms with Gasteiger partial charge in [-0.2, -0.15) is 5.26 Å². The summed E-state index contributed by atoms with van der Waals surface area (Å²) in [5.74, 6) is -2.03. The predicted molar refractivity (Wildman–Crippen MR) is 45.0 cm³/mol. The standard InChI is InChI=1S/C9H5FN2O2/c10-8-6(9(12)14)2-1-5(3-11)7(8)4-13/h1-2,4H,(H2,12,14). The normalized spacial score (nSPS) is 9.14. The molecule has 0 spiro atoms. The Labute approximate surface area is 78.7 Å². The molecule has 0 aliphatic carbocycles. The highest BCUT2D eigenvalue weighted by Crippen LogP contribution is 2.15. The number of halogens is 1. The van der Waals surface area contributed by atoms with E-state index in [1.807, 2.05) is 0 Å². The van der Waals surface area contributed by atoms with Gasteiger partial charge in [-0.1, -0.05) is 0 Å². The molecule has 0 fully saturated rings. The molecule has 1 rings (SSSR count). The number of benzene rings is 1. The van der Waals surface area contributed by atoms with Gasteiger partial charge in [-0.05, 0) is 12.1 Å². The van der Waals surface area contributed by atoms with Crippen LogP contribution in [0.2, 0.25) is 0 Å². The van der Waals surface area contributed by atoms with E-state index in [1.54, 1.807) is 6.07 Å². The summed E-state index contributed by atoms with van der Waals surface area (Å²) >= 11 is 0. The van der Waals surface area contributed by atoms with E-state index in [9.17, 15) is 14.0 Å². The van der Waals surface area contributed by atoms with E-state index in [-0.39, 0.29) is 11.8 Å². The van der Waals surface area contributed by atoms with Gasteiger partial charge in [-0.3, -0.25) is 9.59 Å². The number of rotatable bonds is 2. The van der Waals surface area contributed by atoms with Gasteiger partial charge in [-0.15, -0.1) is 0 Å². The van der Waals surface area contributed by atoms with Crippen LogP contribution in [-0.4, -0.2) is 12.2 Å². The van der Waals surface area contributed by atoms with Crippen LogP contribution in [0, 0.1) is 17.1 Å². The fourth-order valence-electron chi connectivity index (χ4n) is 0.996. The second-order valence-electron chi connectivity index (χ2n) is 2.48. The lowest BCUT2D eigenvalue weighted by Crippen LogP contribution is -2.14. The summed E-state index contributed by atoms with van der Waals surface area (Å²) in [7, 11) is 0. The summed E-state index contributed by atoms with van der Waals surface area (Å²) in [6, 6.07) is 3.88. The average Bonchev–Trinajstić information content (AvgIpc) is 2.16. The molecule has 1 aromatic carbocycles. The molecule has 0 unspecified atom stereocenters. The van der Waals surface area contributed by atoms with Gasteiger partial charge in [0.05, 0.1) is 22.8 Å². The molecule has 4 nitrogen and oxygen atoms in total. The van der Waals surface area contributed by atoms with Gasteiger partial charge in [0, 0.05) is 0 Å². The second kappa shape index (κ2) is 3.66. The molecule has 0 atom stereocenters. The number of carbonyl (C=O) groups excluding carboxylic acids is 2. The highest BCUT2D eigenvalue weighted by atomic mass is 19.1. The van der Waals surface area contributed by atoms with Crippen LogP contribution in [0.1, 0.15) is 26.3 Å². The number of nitrogens with zero attached hydrogens (tertiary/aromatic N) is 1. The number of aldehydes is 1. The summed E-state index contributed by atoms with van der Waals surface area (Å²) in [4.78, 5) is 21.1. The van der Waals surface area contributed by atoms with Crippen molar-refractivity contribution < 1.29 is 14.0 Å². The molecule has 0 saturated carbocycles. The third-order valence-electron chi connectivity index (χ3n) is 1.68. The number of hydrogen-bond donors (Lipinski definition) is 1. The zero-order valence-corrected chi connectivity index (χ0v) is 6.95. The molecule has 0 aromatic heterocycles. The Hall–Kier alpha value is -2.22. The van der Waals surface area contributed by atoms with E-state index in [1.165, 1.54) is 6.07 Å². The summed E-state index contributed by atoms with van der Waals surface area (Å²) in [5.41, 5.74) is 3.89. The Balaban J connectivity index is 3.52. The molecule has 0 radical (unpaired) electrons. The van der Waals surface area contributed by atoms with Crippen molar-refractivity contribution in [3.05, 3.63) is 34.6 Å². The molecule has 0 aliphatic heterocycles. The maximum atomic E-state index is 13.3. The van der Waals surface area contributed by atoms with Gasteiger partial charge < -0.3 is 5.73 Å². The van der Waals surface area contributed by atoms with Crippen LogP contribution in [0.25, 0.3) is 0 Å².